The molecule has 1 aliphatic heterocycles. The molecule has 6 nitrogen and oxygen atoms in total. The van der Waals surface area contributed by atoms with E-state index >= 15 is 0 Å². The van der Waals surface area contributed by atoms with Gasteiger partial charge >= 0.3 is 0 Å². The van der Waals surface area contributed by atoms with E-state index in [-0.39, 0.29) is 12.1 Å². The van der Waals surface area contributed by atoms with Crippen LogP contribution in [0, 0.1) is 12.8 Å². The van der Waals surface area contributed by atoms with Crippen molar-refractivity contribution in [3.63, 3.8) is 0 Å². The van der Waals surface area contributed by atoms with E-state index < -0.39 is 36.6 Å². The van der Waals surface area contributed by atoms with E-state index in [4.69, 9.17) is 0 Å². The molecule has 2 amide bonds. The van der Waals surface area contributed by atoms with Crippen molar-refractivity contribution in [2.24, 2.45) is 5.92 Å². The number of likely N-dealkylation sites (tertiary alicyclic amines) is 1. The van der Waals surface area contributed by atoms with Gasteiger partial charge in [-0.25, -0.2) is 8.78 Å². The number of halogens is 2. The van der Waals surface area contributed by atoms with Crippen molar-refractivity contribution < 1.29 is 18.4 Å². The van der Waals surface area contributed by atoms with Crippen molar-refractivity contribution in [3.05, 3.63) is 72.1 Å². The second-order valence-electron chi connectivity index (χ2n) is 7.87. The molecule has 1 aromatic heterocycles. The Morgan fingerprint density at radius 3 is 2.65 bits per heavy atom. The van der Waals surface area contributed by atoms with E-state index in [0.29, 0.717) is 5.69 Å². The summed E-state index contributed by atoms with van der Waals surface area (Å²) >= 11 is 0. The summed E-state index contributed by atoms with van der Waals surface area (Å²) < 4.78 is 28.9. The highest BCUT2D eigenvalue weighted by atomic mass is 19.3. The fraction of sp³-hybridized carbons (Fsp3) is 0.261. The molecule has 1 saturated heterocycles. The number of H-pyrrole nitrogens is 1. The number of amides is 2. The molecule has 3 aromatic rings. The van der Waals surface area contributed by atoms with Crippen molar-refractivity contribution in [2.45, 2.75) is 19.3 Å². The van der Waals surface area contributed by atoms with Gasteiger partial charge in [0.1, 0.15) is 0 Å². The minimum absolute atomic E-state index is 0.0674. The molecule has 4 rings (SSSR count). The Bertz CT molecular complexity index is 1080. The number of rotatable bonds is 4. The molecule has 0 saturated carbocycles. The zero-order valence-electron chi connectivity index (χ0n) is 16.9. The summed E-state index contributed by atoms with van der Waals surface area (Å²) in [7, 11) is 0. The largest absolute Gasteiger partial charge is 0.332 e. The summed E-state index contributed by atoms with van der Waals surface area (Å²) in [5, 5.41) is 9.27. The quantitative estimate of drug-likeness (QED) is 0.661. The lowest BCUT2D eigenvalue weighted by molar-refractivity contribution is -0.130. The molecule has 1 fully saturated rings. The predicted octanol–water partition coefficient (Wildman–Crippen LogP) is 4.12. The van der Waals surface area contributed by atoms with Crippen LogP contribution < -0.4 is 5.32 Å². The van der Waals surface area contributed by atoms with Gasteiger partial charge in [-0.1, -0.05) is 29.8 Å². The maximum absolute atomic E-state index is 14.4. The number of hydrogen-bond acceptors (Lipinski definition) is 3. The third-order valence-corrected chi connectivity index (χ3v) is 5.33. The minimum Gasteiger partial charge on any atom is -0.332 e. The first-order valence-electron chi connectivity index (χ1n) is 9.95. The average molecular weight is 424 g/mol. The number of anilines is 1. The summed E-state index contributed by atoms with van der Waals surface area (Å²) in [6.07, 6.45) is 2.71. The molecule has 1 aliphatic rings. The topological polar surface area (TPSA) is 78.1 Å². The molecule has 2 heterocycles. The first kappa shape index (κ1) is 20.7. The van der Waals surface area contributed by atoms with Crippen LogP contribution in [0.2, 0.25) is 0 Å². The number of aryl methyl sites for hydroxylation is 1. The number of nitrogens with zero attached hydrogens (tertiary/aromatic N) is 2. The number of carbonyl (C=O) groups excluding carboxylic acids is 2. The second kappa shape index (κ2) is 8.29. The van der Waals surface area contributed by atoms with E-state index in [9.17, 15) is 18.4 Å². The van der Waals surface area contributed by atoms with Crippen LogP contribution in [0.15, 0.2) is 60.9 Å². The van der Waals surface area contributed by atoms with Crippen LogP contribution in [0.3, 0.4) is 0 Å². The molecule has 2 aromatic carbocycles. The molecular formula is C23H22F2N4O2. The molecule has 8 heteroatoms. The van der Waals surface area contributed by atoms with Crippen LogP contribution in [0.25, 0.3) is 11.1 Å². The number of benzene rings is 2. The fourth-order valence-electron chi connectivity index (χ4n) is 3.73. The first-order valence-corrected chi connectivity index (χ1v) is 9.95. The van der Waals surface area contributed by atoms with Crippen molar-refractivity contribution in [3.8, 4) is 11.1 Å². The first-order chi connectivity index (χ1) is 14.8. The highest BCUT2D eigenvalue weighted by Gasteiger charge is 2.44. The van der Waals surface area contributed by atoms with E-state index in [1.165, 1.54) is 0 Å². The minimum atomic E-state index is -3.15. The molecule has 31 heavy (non-hydrogen) atoms. The van der Waals surface area contributed by atoms with Gasteiger partial charge in [-0.05, 0) is 36.8 Å². The average Bonchev–Trinajstić information content (AvgIpc) is 3.29. The maximum atomic E-state index is 14.4. The Labute approximate surface area is 178 Å². The van der Waals surface area contributed by atoms with Crippen LogP contribution in [0.5, 0.6) is 0 Å². The van der Waals surface area contributed by atoms with Crippen LogP contribution in [-0.2, 0) is 4.79 Å². The molecule has 2 N–H and O–H groups in total. The Morgan fingerprint density at radius 2 is 1.94 bits per heavy atom. The third-order valence-electron chi connectivity index (χ3n) is 5.33. The molecule has 0 aliphatic carbocycles. The van der Waals surface area contributed by atoms with Crippen molar-refractivity contribution >= 4 is 17.5 Å². The predicted molar refractivity (Wildman–Crippen MR) is 113 cm³/mol. The second-order valence-corrected chi connectivity index (χ2v) is 7.87. The van der Waals surface area contributed by atoms with E-state index in [1.54, 1.807) is 42.7 Å². The Balaban J connectivity index is 1.51. The lowest BCUT2D eigenvalue weighted by Gasteiger charge is -2.37. The third kappa shape index (κ3) is 4.79. The van der Waals surface area contributed by atoms with Crippen molar-refractivity contribution in [1.82, 2.24) is 15.1 Å². The summed E-state index contributed by atoms with van der Waals surface area (Å²) in [6, 6.07) is 13.8. The van der Waals surface area contributed by atoms with Crippen LogP contribution in [0.1, 0.15) is 22.3 Å². The van der Waals surface area contributed by atoms with Gasteiger partial charge in [0.25, 0.3) is 11.8 Å². The monoisotopic (exact) mass is 424 g/mol. The fourth-order valence-corrected chi connectivity index (χ4v) is 3.73. The molecular weight excluding hydrogens is 402 g/mol. The van der Waals surface area contributed by atoms with E-state index in [1.807, 2.05) is 25.1 Å². The van der Waals surface area contributed by atoms with Gasteiger partial charge in [-0.3, -0.25) is 14.7 Å². The zero-order valence-corrected chi connectivity index (χ0v) is 16.9. The lowest BCUT2D eigenvalue weighted by Crippen LogP contribution is -2.52. The van der Waals surface area contributed by atoms with Crippen molar-refractivity contribution in [2.75, 3.05) is 18.4 Å². The number of piperidine rings is 1. The van der Waals surface area contributed by atoms with Gasteiger partial charge < -0.3 is 10.2 Å². The van der Waals surface area contributed by atoms with Gasteiger partial charge in [0, 0.05) is 36.0 Å². The number of hydrogen-bond donors (Lipinski definition) is 2. The summed E-state index contributed by atoms with van der Waals surface area (Å²) in [4.78, 5) is 26.7. The van der Waals surface area contributed by atoms with Gasteiger partial charge in [-0.15, -0.1) is 0 Å². The van der Waals surface area contributed by atoms with Gasteiger partial charge in [0.2, 0.25) is 5.91 Å². The van der Waals surface area contributed by atoms with Gasteiger partial charge in [0.05, 0.1) is 18.7 Å². The smallest absolute Gasteiger partial charge is 0.266 e. The van der Waals surface area contributed by atoms with Crippen LogP contribution in [-0.4, -0.2) is 45.9 Å². The molecule has 160 valence electrons. The Kier molecular flexibility index (Phi) is 5.54. The zero-order chi connectivity index (χ0) is 22.0. The molecule has 1 atom stereocenters. The van der Waals surface area contributed by atoms with Gasteiger partial charge in [0.15, 0.2) is 0 Å². The summed E-state index contributed by atoms with van der Waals surface area (Å²) in [5.74, 6) is -5.21. The van der Waals surface area contributed by atoms with Crippen LogP contribution >= 0.6 is 0 Å². The van der Waals surface area contributed by atoms with Crippen molar-refractivity contribution in [1.29, 1.82) is 0 Å². The van der Waals surface area contributed by atoms with Crippen LogP contribution in [0.4, 0.5) is 14.5 Å². The maximum Gasteiger partial charge on any atom is 0.266 e. The number of aromatic nitrogens is 2. The standard InChI is InChI=1S/C23H22F2N4O2/c1-15-5-7-20(8-6-15)28-21(30)18-10-23(24,25)14-29(13-18)22(31)17-4-2-3-16(9-17)19-11-26-27-12-19/h2-9,11-12,18H,10,13-14H2,1H3,(H,26,27)(H,28,30). The highest BCUT2D eigenvalue weighted by Crippen LogP contribution is 2.32. The molecule has 1 unspecified atom stereocenters. The molecule has 0 spiro atoms. The number of alkyl halides is 2. The summed E-state index contributed by atoms with van der Waals surface area (Å²) in [6.45, 7) is 1.14. The van der Waals surface area contributed by atoms with E-state index in [2.05, 4.69) is 15.5 Å². The highest BCUT2D eigenvalue weighted by molar-refractivity contribution is 5.97. The Morgan fingerprint density at radius 1 is 1.16 bits per heavy atom. The lowest BCUT2D eigenvalue weighted by atomic mass is 9.93. The normalized spacial score (nSPS) is 17.9. The molecule has 0 bridgehead atoms. The number of nitrogens with one attached hydrogen (secondary N) is 2. The summed E-state index contributed by atoms with van der Waals surface area (Å²) in [5.41, 5.74) is 3.38. The number of carbonyl (C=O) groups is 2. The number of aromatic amines is 1. The van der Waals surface area contributed by atoms with Gasteiger partial charge in [-0.2, -0.15) is 5.10 Å². The molecule has 0 radical (unpaired) electrons. The Hall–Kier alpha value is -3.55. The SMILES string of the molecule is Cc1ccc(NC(=O)C2CN(C(=O)c3cccc(-c4cn[nH]c4)c3)CC(F)(F)C2)cc1. The van der Waals surface area contributed by atoms with E-state index in [0.717, 1.165) is 21.6 Å².